The van der Waals surface area contributed by atoms with Crippen molar-refractivity contribution in [1.82, 2.24) is 5.01 Å². The van der Waals surface area contributed by atoms with Crippen molar-refractivity contribution in [2.24, 2.45) is 15.5 Å². The normalized spacial score (nSPS) is 20.5. The van der Waals surface area contributed by atoms with Crippen LogP contribution in [0.3, 0.4) is 0 Å². The molecular formula is C26H27N3O3. The highest BCUT2D eigenvalue weighted by atomic mass is 16.5. The van der Waals surface area contributed by atoms with Crippen LogP contribution >= 0.6 is 0 Å². The molecule has 4 rings (SSSR count). The number of benzene rings is 2. The molecule has 0 saturated carbocycles. The second-order valence-corrected chi connectivity index (χ2v) is 8.88. The first-order valence-electron chi connectivity index (χ1n) is 10.6. The second-order valence-electron chi connectivity index (χ2n) is 8.88. The predicted octanol–water partition coefficient (Wildman–Crippen LogP) is 5.15. The molecule has 0 radical (unpaired) electrons. The maximum absolute atomic E-state index is 13.4. The zero-order valence-electron chi connectivity index (χ0n) is 18.8. The van der Waals surface area contributed by atoms with Crippen LogP contribution in [0.4, 0.5) is 0 Å². The lowest BCUT2D eigenvalue weighted by Crippen LogP contribution is -2.31. The molecule has 0 bridgehead atoms. The van der Waals surface area contributed by atoms with Gasteiger partial charge in [0.05, 0.1) is 7.11 Å². The number of aromatic hydroxyl groups is 1. The molecule has 6 heteroatoms. The van der Waals surface area contributed by atoms with Crippen LogP contribution in [0.2, 0.25) is 0 Å². The van der Waals surface area contributed by atoms with E-state index < -0.39 is 0 Å². The monoisotopic (exact) mass is 429 g/mol. The van der Waals surface area contributed by atoms with Crippen LogP contribution in [-0.2, 0) is 4.79 Å². The van der Waals surface area contributed by atoms with Crippen LogP contribution < -0.4 is 4.74 Å². The molecule has 0 fully saturated rings. The summed E-state index contributed by atoms with van der Waals surface area (Å²) in [5.74, 6) is 0.594. The van der Waals surface area contributed by atoms with E-state index in [9.17, 15) is 9.90 Å². The SMILES string of the molecule is COc1cc(C=C2N=C(c3ccccc3)N(N=C3CC(C)=CC(C)(C)C3)C2=O)ccc1O. The van der Waals surface area contributed by atoms with Gasteiger partial charge in [-0.05, 0) is 42.5 Å². The van der Waals surface area contributed by atoms with E-state index in [0.29, 0.717) is 17.1 Å². The number of hydrogen-bond acceptors (Lipinski definition) is 5. The standard InChI is InChI=1S/C26H27N3O3/c1-17-12-20(16-26(2,3)15-17)28-29-24(19-8-6-5-7-9-19)27-21(25(29)31)13-18-10-11-22(30)23(14-18)32-4/h5-11,13-15,30H,12,16H2,1-4H3. The summed E-state index contributed by atoms with van der Waals surface area (Å²) in [6.07, 6.45) is 5.48. The van der Waals surface area contributed by atoms with Crippen molar-refractivity contribution in [3.05, 3.63) is 77.0 Å². The highest BCUT2D eigenvalue weighted by molar-refractivity contribution is 6.20. The fourth-order valence-corrected chi connectivity index (χ4v) is 4.21. The van der Waals surface area contributed by atoms with Crippen LogP contribution in [-0.4, -0.2) is 34.7 Å². The van der Waals surface area contributed by atoms with E-state index in [2.05, 4.69) is 31.8 Å². The van der Waals surface area contributed by atoms with Gasteiger partial charge in [0.1, 0.15) is 5.70 Å². The molecule has 6 nitrogen and oxygen atoms in total. The van der Waals surface area contributed by atoms with Crippen LogP contribution in [0.15, 0.2) is 76.0 Å². The number of amidine groups is 1. The smallest absolute Gasteiger partial charge is 0.298 e. The number of carbonyl (C=O) groups is 1. The average Bonchev–Trinajstić information content (AvgIpc) is 3.04. The summed E-state index contributed by atoms with van der Waals surface area (Å²) in [6.45, 7) is 6.44. The van der Waals surface area contributed by atoms with E-state index in [0.717, 1.165) is 24.1 Å². The maximum Gasteiger partial charge on any atom is 0.298 e. The number of nitrogens with zero attached hydrogens (tertiary/aromatic N) is 3. The Morgan fingerprint density at radius 2 is 1.94 bits per heavy atom. The van der Waals surface area contributed by atoms with Crippen molar-refractivity contribution in [3.63, 3.8) is 0 Å². The van der Waals surface area contributed by atoms with Gasteiger partial charge in [-0.1, -0.05) is 61.9 Å². The Morgan fingerprint density at radius 1 is 1.19 bits per heavy atom. The summed E-state index contributed by atoms with van der Waals surface area (Å²) in [5, 5.41) is 16.1. The summed E-state index contributed by atoms with van der Waals surface area (Å²) in [6, 6.07) is 14.5. The Hall–Kier alpha value is -3.67. The van der Waals surface area contributed by atoms with E-state index in [1.54, 1.807) is 18.2 Å². The van der Waals surface area contributed by atoms with Gasteiger partial charge in [-0.25, -0.2) is 4.99 Å². The fraction of sp³-hybridized carbons (Fsp3) is 0.269. The minimum absolute atomic E-state index is 0.00471. The summed E-state index contributed by atoms with van der Waals surface area (Å²) in [7, 11) is 1.48. The van der Waals surface area contributed by atoms with Crippen LogP contribution in [0.25, 0.3) is 6.08 Å². The Morgan fingerprint density at radius 3 is 2.62 bits per heavy atom. The molecule has 0 spiro atoms. The zero-order valence-corrected chi connectivity index (χ0v) is 18.8. The lowest BCUT2D eigenvalue weighted by molar-refractivity contribution is -0.122. The molecule has 1 N–H and O–H groups in total. The topological polar surface area (TPSA) is 74.5 Å². The van der Waals surface area contributed by atoms with E-state index >= 15 is 0 Å². The van der Waals surface area contributed by atoms with Crippen molar-refractivity contribution in [2.45, 2.75) is 33.6 Å². The number of phenols is 1. The molecule has 1 heterocycles. The molecule has 2 aromatic carbocycles. The Labute approximate surface area is 188 Å². The van der Waals surface area contributed by atoms with Crippen molar-refractivity contribution < 1.29 is 14.6 Å². The second kappa shape index (κ2) is 8.46. The summed E-state index contributed by atoms with van der Waals surface area (Å²) in [5.41, 5.74) is 4.00. The van der Waals surface area contributed by atoms with Gasteiger partial charge in [0.25, 0.3) is 5.91 Å². The average molecular weight is 430 g/mol. The lowest BCUT2D eigenvalue weighted by atomic mass is 9.79. The number of amides is 1. The van der Waals surface area contributed by atoms with Gasteiger partial charge in [-0.2, -0.15) is 10.1 Å². The molecular weight excluding hydrogens is 402 g/mol. The van der Waals surface area contributed by atoms with E-state index in [1.807, 2.05) is 30.3 Å². The summed E-state index contributed by atoms with van der Waals surface area (Å²) in [4.78, 5) is 18.0. The van der Waals surface area contributed by atoms with Crippen LogP contribution in [0.5, 0.6) is 11.5 Å². The lowest BCUT2D eigenvalue weighted by Gasteiger charge is -2.28. The van der Waals surface area contributed by atoms with Gasteiger partial charge in [0.15, 0.2) is 17.3 Å². The highest BCUT2D eigenvalue weighted by Crippen LogP contribution is 2.33. The number of carbonyl (C=O) groups excluding carboxylic acids is 1. The van der Waals surface area contributed by atoms with Crippen LogP contribution in [0.1, 0.15) is 44.7 Å². The number of aliphatic imine (C=N–C) groups is 1. The summed E-state index contributed by atoms with van der Waals surface area (Å²) >= 11 is 0. The summed E-state index contributed by atoms with van der Waals surface area (Å²) < 4.78 is 5.18. The van der Waals surface area contributed by atoms with Gasteiger partial charge >= 0.3 is 0 Å². The minimum Gasteiger partial charge on any atom is -0.504 e. The van der Waals surface area contributed by atoms with Crippen LogP contribution in [0, 0.1) is 5.41 Å². The minimum atomic E-state index is -0.284. The number of phenolic OH excluding ortho intramolecular Hbond substituents is 1. The third kappa shape index (κ3) is 4.49. The molecule has 0 atom stereocenters. The first-order chi connectivity index (χ1) is 15.3. The molecule has 1 aliphatic carbocycles. The van der Waals surface area contributed by atoms with E-state index in [1.165, 1.54) is 23.8 Å². The molecule has 2 aromatic rings. The fourth-order valence-electron chi connectivity index (χ4n) is 4.21. The molecule has 2 aliphatic rings. The highest BCUT2D eigenvalue weighted by Gasteiger charge is 2.33. The molecule has 0 unspecified atom stereocenters. The molecule has 0 saturated heterocycles. The Bertz CT molecular complexity index is 1170. The van der Waals surface area contributed by atoms with Gasteiger partial charge in [-0.3, -0.25) is 4.79 Å². The van der Waals surface area contributed by atoms with E-state index in [4.69, 9.17) is 9.84 Å². The molecule has 1 amide bonds. The Balaban J connectivity index is 1.75. The predicted molar refractivity (Wildman–Crippen MR) is 127 cm³/mol. The van der Waals surface area contributed by atoms with Crippen molar-refractivity contribution in [2.75, 3.05) is 7.11 Å². The van der Waals surface area contributed by atoms with Gasteiger partial charge in [0, 0.05) is 17.7 Å². The van der Waals surface area contributed by atoms with Gasteiger partial charge < -0.3 is 9.84 Å². The van der Waals surface area contributed by atoms with Crippen molar-refractivity contribution in [3.8, 4) is 11.5 Å². The number of rotatable bonds is 4. The zero-order chi connectivity index (χ0) is 22.9. The molecule has 1 aliphatic heterocycles. The number of methoxy groups -OCH3 is 1. The number of ether oxygens (including phenoxy) is 1. The van der Waals surface area contributed by atoms with Crippen molar-refractivity contribution in [1.29, 1.82) is 0 Å². The largest absolute Gasteiger partial charge is 0.504 e. The first-order valence-corrected chi connectivity index (χ1v) is 10.6. The third-order valence-corrected chi connectivity index (χ3v) is 5.40. The molecule has 32 heavy (non-hydrogen) atoms. The first kappa shape index (κ1) is 21.6. The van der Waals surface area contributed by atoms with Gasteiger partial charge in [-0.15, -0.1) is 0 Å². The maximum atomic E-state index is 13.4. The number of hydrogen-bond donors (Lipinski definition) is 1. The molecule has 0 aromatic heterocycles. The molecule has 164 valence electrons. The number of hydrazone groups is 1. The van der Waals surface area contributed by atoms with E-state index in [-0.39, 0.29) is 22.8 Å². The third-order valence-electron chi connectivity index (χ3n) is 5.40. The quantitative estimate of drug-likeness (QED) is 0.539. The van der Waals surface area contributed by atoms with Crippen molar-refractivity contribution >= 4 is 23.5 Å². The number of allylic oxidation sites excluding steroid dienone is 2. The Kier molecular flexibility index (Phi) is 5.70. The van der Waals surface area contributed by atoms with Gasteiger partial charge in [0.2, 0.25) is 0 Å².